The molecule has 0 spiro atoms. The molecule has 2 rings (SSSR count). The topological polar surface area (TPSA) is 38.3 Å². The van der Waals surface area contributed by atoms with Gasteiger partial charge >= 0.3 is 0 Å². The van der Waals surface area contributed by atoms with Crippen LogP contribution in [0.1, 0.15) is 49.2 Å². The zero-order valence-electron chi connectivity index (χ0n) is 15.7. The Kier molecular flexibility index (Phi) is 6.02. The van der Waals surface area contributed by atoms with Crippen LogP contribution < -0.4 is 10.1 Å². The van der Waals surface area contributed by atoms with Crippen molar-refractivity contribution in [2.45, 2.75) is 34.2 Å². The number of rotatable bonds is 5. The third-order valence-electron chi connectivity index (χ3n) is 3.88. The van der Waals surface area contributed by atoms with Crippen LogP contribution in [0.4, 0.5) is 0 Å². The molecule has 0 aromatic heterocycles. The Morgan fingerprint density at radius 2 is 1.64 bits per heavy atom. The van der Waals surface area contributed by atoms with E-state index in [4.69, 9.17) is 4.74 Å². The highest BCUT2D eigenvalue weighted by molar-refractivity contribution is 5.94. The summed E-state index contributed by atoms with van der Waals surface area (Å²) in [7, 11) is 1.63. The second kappa shape index (κ2) is 8.02. The van der Waals surface area contributed by atoms with Gasteiger partial charge in [0.2, 0.25) is 0 Å². The summed E-state index contributed by atoms with van der Waals surface area (Å²) in [5.74, 6) is 0.691. The molecule has 2 aromatic carbocycles. The van der Waals surface area contributed by atoms with Gasteiger partial charge in [0, 0.05) is 17.7 Å². The number of nitrogens with one attached hydrogen (secondary N) is 1. The molecule has 0 aliphatic carbocycles. The van der Waals surface area contributed by atoms with Crippen molar-refractivity contribution in [1.29, 1.82) is 0 Å². The molecule has 0 aliphatic heterocycles. The first-order chi connectivity index (χ1) is 11.8. The van der Waals surface area contributed by atoms with Crippen LogP contribution >= 0.6 is 0 Å². The van der Waals surface area contributed by atoms with Gasteiger partial charge in [-0.3, -0.25) is 4.79 Å². The lowest BCUT2D eigenvalue weighted by molar-refractivity contribution is 0.0950. The zero-order valence-corrected chi connectivity index (χ0v) is 15.7. The number of methoxy groups -OCH3 is 1. The molecule has 1 amide bonds. The van der Waals surface area contributed by atoms with Crippen LogP contribution in [0.2, 0.25) is 0 Å². The number of carbonyl (C=O) groups is 1. The van der Waals surface area contributed by atoms with Crippen LogP contribution in [0.15, 0.2) is 54.6 Å². The SMILES string of the molecule is COc1ccccc1CNC(=O)c1ccc(C(C)=CC(C)(C)C)cc1. The number of para-hydroxylation sites is 1. The fraction of sp³-hybridized carbons (Fsp3) is 0.318. The van der Waals surface area contributed by atoms with Crippen molar-refractivity contribution in [3.63, 3.8) is 0 Å². The molecule has 0 aliphatic rings. The molecule has 2 aromatic rings. The van der Waals surface area contributed by atoms with E-state index in [0.717, 1.165) is 16.9 Å². The zero-order chi connectivity index (χ0) is 18.4. The van der Waals surface area contributed by atoms with Gasteiger partial charge in [-0.1, -0.05) is 57.2 Å². The van der Waals surface area contributed by atoms with E-state index >= 15 is 0 Å². The minimum Gasteiger partial charge on any atom is -0.496 e. The predicted molar refractivity (Wildman–Crippen MR) is 104 cm³/mol. The lowest BCUT2D eigenvalue weighted by Crippen LogP contribution is -2.23. The van der Waals surface area contributed by atoms with Crippen LogP contribution in [0.5, 0.6) is 5.75 Å². The summed E-state index contributed by atoms with van der Waals surface area (Å²) in [5, 5.41) is 2.94. The Labute approximate surface area is 150 Å². The van der Waals surface area contributed by atoms with Crippen LogP contribution in [-0.4, -0.2) is 13.0 Å². The molecule has 132 valence electrons. The summed E-state index contributed by atoms with van der Waals surface area (Å²) in [5.41, 5.74) is 4.10. The van der Waals surface area contributed by atoms with Crippen molar-refractivity contribution >= 4 is 11.5 Å². The van der Waals surface area contributed by atoms with E-state index < -0.39 is 0 Å². The van der Waals surface area contributed by atoms with Gasteiger partial charge in [0.25, 0.3) is 5.91 Å². The molecule has 0 bridgehead atoms. The molecule has 25 heavy (non-hydrogen) atoms. The van der Waals surface area contributed by atoms with E-state index in [2.05, 4.69) is 39.1 Å². The lowest BCUT2D eigenvalue weighted by Gasteiger charge is -2.14. The molecule has 0 saturated heterocycles. The van der Waals surface area contributed by atoms with Gasteiger partial charge < -0.3 is 10.1 Å². The predicted octanol–water partition coefficient (Wildman–Crippen LogP) is 5.07. The smallest absolute Gasteiger partial charge is 0.251 e. The summed E-state index contributed by atoms with van der Waals surface area (Å²) >= 11 is 0. The second-order valence-corrected chi connectivity index (χ2v) is 7.27. The van der Waals surface area contributed by atoms with Crippen LogP contribution in [0.3, 0.4) is 0 Å². The van der Waals surface area contributed by atoms with Crippen LogP contribution in [-0.2, 0) is 6.54 Å². The number of ether oxygens (including phenoxy) is 1. The number of allylic oxidation sites excluding steroid dienone is 2. The molecule has 0 heterocycles. The lowest BCUT2D eigenvalue weighted by atomic mass is 9.91. The standard InChI is InChI=1S/C22H27NO2/c1-16(14-22(2,3)4)17-10-12-18(13-11-17)21(24)23-15-19-8-6-7-9-20(19)25-5/h6-14H,15H2,1-5H3,(H,23,24). The Morgan fingerprint density at radius 3 is 2.24 bits per heavy atom. The van der Waals surface area contributed by atoms with Crippen molar-refractivity contribution in [3.8, 4) is 5.75 Å². The van der Waals surface area contributed by atoms with Gasteiger partial charge in [-0.2, -0.15) is 0 Å². The van der Waals surface area contributed by atoms with Gasteiger partial charge in [-0.15, -0.1) is 0 Å². The molecule has 0 unspecified atom stereocenters. The largest absolute Gasteiger partial charge is 0.496 e. The van der Waals surface area contributed by atoms with Crippen molar-refractivity contribution in [2.24, 2.45) is 5.41 Å². The van der Waals surface area contributed by atoms with Crippen LogP contribution in [0, 0.1) is 5.41 Å². The highest BCUT2D eigenvalue weighted by Gasteiger charge is 2.10. The number of amides is 1. The minimum atomic E-state index is -0.0880. The number of benzene rings is 2. The molecule has 0 saturated carbocycles. The normalized spacial score (nSPS) is 12.0. The number of carbonyl (C=O) groups excluding carboxylic acids is 1. The van der Waals surface area contributed by atoms with Crippen molar-refractivity contribution in [2.75, 3.05) is 7.11 Å². The minimum absolute atomic E-state index is 0.0880. The quantitative estimate of drug-likeness (QED) is 0.827. The summed E-state index contributed by atoms with van der Waals surface area (Å²) in [6, 6.07) is 15.4. The van der Waals surface area contributed by atoms with Gasteiger partial charge in [-0.05, 0) is 41.7 Å². The van der Waals surface area contributed by atoms with Gasteiger partial charge in [0.1, 0.15) is 5.75 Å². The maximum atomic E-state index is 12.4. The molecule has 1 N–H and O–H groups in total. The van der Waals surface area contributed by atoms with E-state index in [1.54, 1.807) is 7.11 Å². The molecular weight excluding hydrogens is 310 g/mol. The molecule has 0 fully saturated rings. The molecule has 0 radical (unpaired) electrons. The van der Waals surface area contributed by atoms with E-state index in [1.807, 2.05) is 48.5 Å². The average Bonchev–Trinajstić information content (AvgIpc) is 2.58. The third-order valence-corrected chi connectivity index (χ3v) is 3.88. The molecule has 0 atom stereocenters. The molecule has 3 nitrogen and oxygen atoms in total. The summed E-state index contributed by atoms with van der Waals surface area (Å²) < 4.78 is 5.31. The first-order valence-electron chi connectivity index (χ1n) is 8.50. The Morgan fingerprint density at radius 1 is 1.04 bits per heavy atom. The summed E-state index contributed by atoms with van der Waals surface area (Å²) in [4.78, 5) is 12.4. The van der Waals surface area contributed by atoms with Crippen molar-refractivity contribution in [1.82, 2.24) is 5.32 Å². The summed E-state index contributed by atoms with van der Waals surface area (Å²) in [6.45, 7) is 9.07. The maximum absolute atomic E-state index is 12.4. The van der Waals surface area contributed by atoms with Gasteiger partial charge in [0.15, 0.2) is 0 Å². The van der Waals surface area contributed by atoms with Crippen LogP contribution in [0.25, 0.3) is 5.57 Å². The second-order valence-electron chi connectivity index (χ2n) is 7.27. The van der Waals surface area contributed by atoms with E-state index in [1.165, 1.54) is 5.57 Å². The highest BCUT2D eigenvalue weighted by Crippen LogP contribution is 2.23. The Bertz CT molecular complexity index is 752. The number of hydrogen-bond acceptors (Lipinski definition) is 2. The molecule has 3 heteroatoms. The maximum Gasteiger partial charge on any atom is 0.251 e. The van der Waals surface area contributed by atoms with Crippen molar-refractivity contribution in [3.05, 3.63) is 71.3 Å². The molecular formula is C22H27NO2. The fourth-order valence-corrected chi connectivity index (χ4v) is 2.74. The number of hydrogen-bond donors (Lipinski definition) is 1. The van der Waals surface area contributed by atoms with Crippen molar-refractivity contribution < 1.29 is 9.53 Å². The van der Waals surface area contributed by atoms with Gasteiger partial charge in [0.05, 0.1) is 7.11 Å². The highest BCUT2D eigenvalue weighted by atomic mass is 16.5. The Balaban J connectivity index is 2.04. The average molecular weight is 337 g/mol. The van der Waals surface area contributed by atoms with Gasteiger partial charge in [-0.25, -0.2) is 0 Å². The van der Waals surface area contributed by atoms with E-state index in [0.29, 0.717) is 12.1 Å². The third kappa shape index (κ3) is 5.49. The Hall–Kier alpha value is -2.55. The fourth-order valence-electron chi connectivity index (χ4n) is 2.74. The van der Waals surface area contributed by atoms with E-state index in [9.17, 15) is 4.79 Å². The summed E-state index contributed by atoms with van der Waals surface area (Å²) in [6.07, 6.45) is 2.24. The first-order valence-corrected chi connectivity index (χ1v) is 8.50. The monoisotopic (exact) mass is 337 g/mol. The first kappa shape index (κ1) is 18.8. The van der Waals surface area contributed by atoms with E-state index in [-0.39, 0.29) is 11.3 Å².